The van der Waals surface area contributed by atoms with E-state index in [0.717, 1.165) is 30.9 Å². The van der Waals surface area contributed by atoms with Gasteiger partial charge >= 0.3 is 0 Å². The minimum absolute atomic E-state index is 0.280. The molecule has 1 aromatic rings. The summed E-state index contributed by atoms with van der Waals surface area (Å²) in [5.41, 5.74) is 1.85. The molecular weight excluding hydrogens is 284 g/mol. The van der Waals surface area contributed by atoms with Crippen molar-refractivity contribution < 1.29 is 8.42 Å². The minimum atomic E-state index is -3.22. The molecule has 1 aliphatic rings. The van der Waals surface area contributed by atoms with E-state index in [0.29, 0.717) is 11.1 Å². The molecule has 1 aromatic carbocycles. The van der Waals surface area contributed by atoms with E-state index in [1.807, 2.05) is 6.92 Å². The molecule has 0 spiro atoms. The predicted octanol–water partition coefficient (Wildman–Crippen LogP) is 1.85. The molecule has 1 saturated heterocycles. The Hall–Kier alpha value is -0.780. The van der Waals surface area contributed by atoms with Crippen molar-refractivity contribution in [2.45, 2.75) is 24.8 Å². The van der Waals surface area contributed by atoms with Crippen LogP contribution in [0.3, 0.4) is 0 Å². The largest absolute Gasteiger partial charge is 0.367 e. The van der Waals surface area contributed by atoms with Gasteiger partial charge in [0.25, 0.3) is 0 Å². The summed E-state index contributed by atoms with van der Waals surface area (Å²) in [5, 5.41) is 3.88. The van der Waals surface area contributed by atoms with Gasteiger partial charge in [-0.25, -0.2) is 8.42 Å². The van der Waals surface area contributed by atoms with Gasteiger partial charge in [-0.15, -0.1) is 0 Å². The Morgan fingerprint density at radius 3 is 2.63 bits per heavy atom. The fourth-order valence-electron chi connectivity index (χ4n) is 2.45. The van der Waals surface area contributed by atoms with Crippen molar-refractivity contribution in [1.82, 2.24) is 5.32 Å². The molecule has 0 saturated carbocycles. The third-order valence-electron chi connectivity index (χ3n) is 3.34. The Morgan fingerprint density at radius 2 is 2.11 bits per heavy atom. The summed E-state index contributed by atoms with van der Waals surface area (Å²) in [4.78, 5) is 2.49. The lowest BCUT2D eigenvalue weighted by Crippen LogP contribution is -2.49. The van der Waals surface area contributed by atoms with Crippen molar-refractivity contribution >= 4 is 27.1 Å². The van der Waals surface area contributed by atoms with Crippen molar-refractivity contribution in [2.24, 2.45) is 0 Å². The predicted molar refractivity (Wildman–Crippen MR) is 79.0 cm³/mol. The lowest BCUT2D eigenvalue weighted by Gasteiger charge is -2.35. The highest BCUT2D eigenvalue weighted by Crippen LogP contribution is 2.33. The molecule has 6 heteroatoms. The lowest BCUT2D eigenvalue weighted by atomic mass is 10.1. The van der Waals surface area contributed by atoms with Crippen LogP contribution in [0.25, 0.3) is 0 Å². The van der Waals surface area contributed by atoms with Gasteiger partial charge in [-0.2, -0.15) is 0 Å². The van der Waals surface area contributed by atoms with E-state index in [9.17, 15) is 8.42 Å². The van der Waals surface area contributed by atoms with E-state index in [-0.39, 0.29) is 4.90 Å². The Labute approximate surface area is 119 Å². The lowest BCUT2D eigenvalue weighted by molar-refractivity contribution is 0.484. The molecule has 0 aromatic heterocycles. The molecule has 1 N–H and O–H groups in total. The number of piperazine rings is 1. The second kappa shape index (κ2) is 5.31. The van der Waals surface area contributed by atoms with Crippen LogP contribution in [0, 0.1) is 6.92 Å². The summed E-state index contributed by atoms with van der Waals surface area (Å²) >= 11 is 6.30. The van der Waals surface area contributed by atoms with E-state index in [1.165, 1.54) is 6.26 Å². The SMILES string of the molecule is Cc1cc(S(C)(=O)=O)cc(Cl)c1N1CCNC(C)C1. The van der Waals surface area contributed by atoms with Gasteiger partial charge in [0.2, 0.25) is 0 Å². The highest BCUT2D eigenvalue weighted by Gasteiger charge is 2.21. The molecular formula is C13H19ClN2O2S. The quantitative estimate of drug-likeness (QED) is 0.906. The average Bonchev–Trinajstić information content (AvgIpc) is 2.26. The number of aryl methyl sites for hydroxylation is 1. The molecule has 106 valence electrons. The normalized spacial score (nSPS) is 20.6. The van der Waals surface area contributed by atoms with Crippen LogP contribution in [0.15, 0.2) is 17.0 Å². The molecule has 4 nitrogen and oxygen atoms in total. The Morgan fingerprint density at radius 1 is 1.42 bits per heavy atom. The van der Waals surface area contributed by atoms with Crippen molar-refractivity contribution in [3.8, 4) is 0 Å². The third kappa shape index (κ3) is 3.22. The second-order valence-corrected chi connectivity index (χ2v) is 7.57. The number of anilines is 1. The first-order valence-electron chi connectivity index (χ1n) is 6.27. The fraction of sp³-hybridized carbons (Fsp3) is 0.538. The zero-order valence-corrected chi connectivity index (χ0v) is 13.0. The zero-order valence-electron chi connectivity index (χ0n) is 11.4. The number of hydrogen-bond acceptors (Lipinski definition) is 4. The van der Waals surface area contributed by atoms with E-state index >= 15 is 0 Å². The van der Waals surface area contributed by atoms with Gasteiger partial charge in [0, 0.05) is 31.9 Å². The summed E-state index contributed by atoms with van der Waals surface area (Å²) < 4.78 is 23.2. The summed E-state index contributed by atoms with van der Waals surface area (Å²) in [6.45, 7) is 6.69. The topological polar surface area (TPSA) is 49.4 Å². The van der Waals surface area contributed by atoms with Gasteiger partial charge in [-0.05, 0) is 31.5 Å². The van der Waals surface area contributed by atoms with Gasteiger partial charge in [0.15, 0.2) is 9.84 Å². The van der Waals surface area contributed by atoms with Crippen LogP contribution in [0.5, 0.6) is 0 Å². The van der Waals surface area contributed by atoms with Gasteiger partial charge in [0.1, 0.15) is 0 Å². The molecule has 0 amide bonds. The maximum absolute atomic E-state index is 11.6. The van der Waals surface area contributed by atoms with Gasteiger partial charge in [-0.3, -0.25) is 0 Å². The number of nitrogens with one attached hydrogen (secondary N) is 1. The third-order valence-corrected chi connectivity index (χ3v) is 4.72. The highest BCUT2D eigenvalue weighted by atomic mass is 35.5. The fourth-order valence-corrected chi connectivity index (χ4v) is 3.63. The first-order valence-corrected chi connectivity index (χ1v) is 8.54. The average molecular weight is 303 g/mol. The second-order valence-electron chi connectivity index (χ2n) is 5.14. The van der Waals surface area contributed by atoms with Crippen LogP contribution < -0.4 is 10.2 Å². The minimum Gasteiger partial charge on any atom is -0.367 e. The Kier molecular flexibility index (Phi) is 4.08. The van der Waals surface area contributed by atoms with Crippen molar-refractivity contribution in [2.75, 3.05) is 30.8 Å². The Bertz CT molecular complexity index is 563. The summed E-state index contributed by atoms with van der Waals surface area (Å²) in [6, 6.07) is 3.65. The molecule has 1 aliphatic heterocycles. The summed E-state index contributed by atoms with van der Waals surface area (Å²) in [6.07, 6.45) is 1.20. The first kappa shape index (κ1) is 14.6. The molecule has 19 heavy (non-hydrogen) atoms. The van der Waals surface area contributed by atoms with Crippen LogP contribution in [-0.4, -0.2) is 40.3 Å². The van der Waals surface area contributed by atoms with Crippen LogP contribution in [0.2, 0.25) is 5.02 Å². The number of rotatable bonds is 2. The Balaban J connectivity index is 2.42. The van der Waals surface area contributed by atoms with E-state index < -0.39 is 9.84 Å². The molecule has 1 unspecified atom stereocenters. The van der Waals surface area contributed by atoms with Crippen molar-refractivity contribution in [3.05, 3.63) is 22.7 Å². The smallest absolute Gasteiger partial charge is 0.175 e. The van der Waals surface area contributed by atoms with E-state index in [4.69, 9.17) is 11.6 Å². The van der Waals surface area contributed by atoms with Crippen LogP contribution >= 0.6 is 11.6 Å². The zero-order chi connectivity index (χ0) is 14.2. The number of benzene rings is 1. The maximum atomic E-state index is 11.6. The number of sulfone groups is 1. The van der Waals surface area contributed by atoms with Gasteiger partial charge in [0.05, 0.1) is 15.6 Å². The van der Waals surface area contributed by atoms with Crippen LogP contribution in [0.4, 0.5) is 5.69 Å². The van der Waals surface area contributed by atoms with E-state index in [2.05, 4.69) is 17.1 Å². The van der Waals surface area contributed by atoms with Crippen LogP contribution in [0.1, 0.15) is 12.5 Å². The molecule has 1 atom stereocenters. The molecule has 1 fully saturated rings. The van der Waals surface area contributed by atoms with E-state index in [1.54, 1.807) is 12.1 Å². The molecule has 2 rings (SSSR count). The number of hydrogen-bond donors (Lipinski definition) is 1. The first-order chi connectivity index (χ1) is 8.79. The summed E-state index contributed by atoms with van der Waals surface area (Å²) in [5.74, 6) is 0. The molecule has 0 bridgehead atoms. The summed E-state index contributed by atoms with van der Waals surface area (Å²) in [7, 11) is -3.22. The maximum Gasteiger partial charge on any atom is 0.175 e. The highest BCUT2D eigenvalue weighted by molar-refractivity contribution is 7.90. The number of nitrogens with zero attached hydrogens (tertiary/aromatic N) is 1. The molecule has 1 heterocycles. The standard InChI is InChI=1S/C13H19ClN2O2S/c1-9-6-11(19(3,17)18)7-12(14)13(9)16-5-4-15-10(2)8-16/h6-7,10,15H,4-5,8H2,1-3H3. The van der Waals surface area contributed by atoms with Crippen molar-refractivity contribution in [1.29, 1.82) is 0 Å². The van der Waals surface area contributed by atoms with Crippen molar-refractivity contribution in [3.63, 3.8) is 0 Å². The molecule has 0 radical (unpaired) electrons. The van der Waals surface area contributed by atoms with Crippen LogP contribution in [-0.2, 0) is 9.84 Å². The molecule has 0 aliphatic carbocycles. The monoisotopic (exact) mass is 302 g/mol. The van der Waals surface area contributed by atoms with Gasteiger partial charge < -0.3 is 10.2 Å². The number of halogens is 1. The van der Waals surface area contributed by atoms with Gasteiger partial charge in [-0.1, -0.05) is 11.6 Å².